The molecule has 19 heavy (non-hydrogen) atoms. The van der Waals surface area contributed by atoms with Crippen LogP contribution in [0.1, 0.15) is 37.2 Å². The highest BCUT2D eigenvalue weighted by molar-refractivity contribution is 7.97. The molecule has 0 unspecified atom stereocenters. The number of hydrogen-bond acceptors (Lipinski definition) is 4. The fourth-order valence-electron chi connectivity index (χ4n) is 2.55. The van der Waals surface area contributed by atoms with Gasteiger partial charge in [-0.15, -0.1) is 0 Å². The topological polar surface area (TPSA) is 28.4 Å². The summed E-state index contributed by atoms with van der Waals surface area (Å²) in [5, 5.41) is 3.48. The molecular formula is C15H26N2OS. The highest BCUT2D eigenvalue weighted by Crippen LogP contribution is 2.13. The van der Waals surface area contributed by atoms with Gasteiger partial charge in [-0.3, -0.25) is 0 Å². The standard InChI is InChI=1S/C15H26N2OS/c1-19-13-15-7-6-14(18-15)12-16-8-11-17-9-4-2-3-5-10-17/h6-7,16H,2-5,8-13H2,1H3. The van der Waals surface area contributed by atoms with Crippen LogP contribution in [-0.2, 0) is 12.3 Å². The number of likely N-dealkylation sites (tertiary alicyclic amines) is 1. The normalized spacial score (nSPS) is 17.5. The van der Waals surface area contributed by atoms with Crippen molar-refractivity contribution >= 4 is 11.8 Å². The Bertz CT molecular complexity index is 346. The van der Waals surface area contributed by atoms with Gasteiger partial charge in [-0.25, -0.2) is 0 Å². The summed E-state index contributed by atoms with van der Waals surface area (Å²) in [6.07, 6.45) is 7.66. The molecule has 2 heterocycles. The number of thioether (sulfide) groups is 1. The summed E-state index contributed by atoms with van der Waals surface area (Å²) < 4.78 is 5.74. The van der Waals surface area contributed by atoms with Crippen LogP contribution in [0.4, 0.5) is 0 Å². The van der Waals surface area contributed by atoms with Crippen molar-refractivity contribution < 1.29 is 4.42 Å². The van der Waals surface area contributed by atoms with E-state index in [1.165, 1.54) is 45.3 Å². The van der Waals surface area contributed by atoms with Crippen LogP contribution < -0.4 is 5.32 Å². The molecule has 1 aliphatic heterocycles. The number of nitrogens with one attached hydrogen (secondary N) is 1. The number of furan rings is 1. The van der Waals surface area contributed by atoms with Crippen molar-refractivity contribution in [2.75, 3.05) is 32.4 Å². The Hall–Kier alpha value is -0.450. The summed E-state index contributed by atoms with van der Waals surface area (Å²) in [6, 6.07) is 4.17. The SMILES string of the molecule is CSCc1ccc(CNCCN2CCCCCC2)o1. The number of nitrogens with zero attached hydrogens (tertiary/aromatic N) is 1. The summed E-state index contributed by atoms with van der Waals surface area (Å²) in [7, 11) is 0. The third-order valence-corrected chi connectivity index (χ3v) is 4.18. The highest BCUT2D eigenvalue weighted by Gasteiger charge is 2.08. The van der Waals surface area contributed by atoms with Crippen LogP contribution in [0.5, 0.6) is 0 Å². The zero-order valence-electron chi connectivity index (χ0n) is 12.0. The minimum Gasteiger partial charge on any atom is -0.464 e. The molecule has 108 valence electrons. The lowest BCUT2D eigenvalue weighted by molar-refractivity contribution is 0.282. The Morgan fingerprint density at radius 2 is 1.89 bits per heavy atom. The van der Waals surface area contributed by atoms with E-state index >= 15 is 0 Å². The Labute approximate surface area is 121 Å². The van der Waals surface area contributed by atoms with Crippen LogP contribution >= 0.6 is 11.8 Å². The Balaban J connectivity index is 1.60. The molecule has 1 fully saturated rings. The molecular weight excluding hydrogens is 256 g/mol. The van der Waals surface area contributed by atoms with E-state index in [9.17, 15) is 0 Å². The molecule has 2 rings (SSSR count). The molecule has 4 heteroatoms. The van der Waals surface area contributed by atoms with E-state index in [0.717, 1.165) is 30.4 Å². The summed E-state index contributed by atoms with van der Waals surface area (Å²) in [6.45, 7) is 5.62. The summed E-state index contributed by atoms with van der Waals surface area (Å²) in [5.41, 5.74) is 0. The predicted molar refractivity (Wildman–Crippen MR) is 82.5 cm³/mol. The van der Waals surface area contributed by atoms with Crippen LogP contribution in [0.15, 0.2) is 16.5 Å². The molecule has 3 nitrogen and oxygen atoms in total. The second kappa shape index (κ2) is 8.67. The third kappa shape index (κ3) is 5.59. The van der Waals surface area contributed by atoms with E-state index in [4.69, 9.17) is 4.42 Å². The molecule has 1 saturated heterocycles. The van der Waals surface area contributed by atoms with Crippen molar-refractivity contribution in [2.24, 2.45) is 0 Å². The maximum Gasteiger partial charge on any atom is 0.118 e. The van der Waals surface area contributed by atoms with Crippen molar-refractivity contribution in [3.05, 3.63) is 23.7 Å². The summed E-state index contributed by atoms with van der Waals surface area (Å²) in [4.78, 5) is 2.58. The highest BCUT2D eigenvalue weighted by atomic mass is 32.2. The molecule has 0 spiro atoms. The van der Waals surface area contributed by atoms with Gasteiger partial charge in [0.15, 0.2) is 0 Å². The maximum absolute atomic E-state index is 5.74. The molecule has 1 N–H and O–H groups in total. The van der Waals surface area contributed by atoms with Crippen LogP contribution in [-0.4, -0.2) is 37.3 Å². The van der Waals surface area contributed by atoms with Crippen molar-refractivity contribution in [1.29, 1.82) is 0 Å². The molecule has 0 bridgehead atoms. The van der Waals surface area contributed by atoms with E-state index in [2.05, 4.69) is 28.6 Å². The van der Waals surface area contributed by atoms with Crippen molar-refractivity contribution in [3.63, 3.8) is 0 Å². The molecule has 0 saturated carbocycles. The van der Waals surface area contributed by atoms with Crippen molar-refractivity contribution in [2.45, 2.75) is 38.0 Å². The first kappa shape index (κ1) is 14.9. The minimum atomic E-state index is 0.849. The van der Waals surface area contributed by atoms with Crippen molar-refractivity contribution in [1.82, 2.24) is 10.2 Å². The van der Waals surface area contributed by atoms with Gasteiger partial charge >= 0.3 is 0 Å². The molecule has 0 aliphatic carbocycles. The Morgan fingerprint density at radius 1 is 1.16 bits per heavy atom. The summed E-state index contributed by atoms with van der Waals surface area (Å²) in [5.74, 6) is 3.10. The number of hydrogen-bond donors (Lipinski definition) is 1. The second-order valence-corrected chi connectivity index (χ2v) is 6.10. The smallest absolute Gasteiger partial charge is 0.118 e. The second-order valence-electron chi connectivity index (χ2n) is 5.23. The number of rotatable bonds is 7. The molecule has 0 aromatic carbocycles. The maximum atomic E-state index is 5.74. The van der Waals surface area contributed by atoms with E-state index in [0.29, 0.717) is 0 Å². The average Bonchev–Trinajstić information content (AvgIpc) is 2.70. The molecule has 0 amide bonds. The van der Waals surface area contributed by atoms with Crippen LogP contribution in [0.2, 0.25) is 0 Å². The van der Waals surface area contributed by atoms with Gasteiger partial charge in [0, 0.05) is 13.1 Å². The van der Waals surface area contributed by atoms with Gasteiger partial charge in [-0.2, -0.15) is 11.8 Å². The zero-order chi connectivity index (χ0) is 13.3. The van der Waals surface area contributed by atoms with Gasteiger partial charge < -0.3 is 14.6 Å². The first-order valence-electron chi connectivity index (χ1n) is 7.38. The molecule has 1 aromatic rings. The van der Waals surface area contributed by atoms with E-state index in [-0.39, 0.29) is 0 Å². The molecule has 0 atom stereocenters. The van der Waals surface area contributed by atoms with Crippen molar-refractivity contribution in [3.8, 4) is 0 Å². The lowest BCUT2D eigenvalue weighted by atomic mass is 10.2. The first-order chi connectivity index (χ1) is 9.38. The van der Waals surface area contributed by atoms with Crippen LogP contribution in [0, 0.1) is 0 Å². The third-order valence-electron chi connectivity index (χ3n) is 3.61. The predicted octanol–water partition coefficient (Wildman–Crippen LogP) is 3.11. The lowest BCUT2D eigenvalue weighted by Gasteiger charge is -2.19. The van der Waals surface area contributed by atoms with Crippen LogP contribution in [0.3, 0.4) is 0 Å². The van der Waals surface area contributed by atoms with E-state index in [1.807, 2.05) is 0 Å². The van der Waals surface area contributed by atoms with Gasteiger partial charge in [-0.1, -0.05) is 12.8 Å². The molecule has 1 aliphatic rings. The van der Waals surface area contributed by atoms with Gasteiger partial charge in [0.05, 0.1) is 12.3 Å². The lowest BCUT2D eigenvalue weighted by Crippen LogP contribution is -2.32. The molecule has 0 radical (unpaired) electrons. The first-order valence-corrected chi connectivity index (χ1v) is 8.77. The Morgan fingerprint density at radius 3 is 2.63 bits per heavy atom. The van der Waals surface area contributed by atoms with Gasteiger partial charge in [-0.05, 0) is 44.3 Å². The van der Waals surface area contributed by atoms with E-state index in [1.54, 1.807) is 11.8 Å². The fourth-order valence-corrected chi connectivity index (χ4v) is 2.99. The van der Waals surface area contributed by atoms with Gasteiger partial charge in [0.25, 0.3) is 0 Å². The van der Waals surface area contributed by atoms with Gasteiger partial charge in [0.2, 0.25) is 0 Å². The van der Waals surface area contributed by atoms with Crippen LogP contribution in [0.25, 0.3) is 0 Å². The zero-order valence-corrected chi connectivity index (χ0v) is 12.8. The monoisotopic (exact) mass is 282 g/mol. The van der Waals surface area contributed by atoms with E-state index < -0.39 is 0 Å². The molecule has 1 aromatic heterocycles. The quantitative estimate of drug-likeness (QED) is 0.778. The largest absolute Gasteiger partial charge is 0.464 e. The summed E-state index contributed by atoms with van der Waals surface area (Å²) >= 11 is 1.80. The minimum absolute atomic E-state index is 0.849. The Kier molecular flexibility index (Phi) is 6.82. The van der Waals surface area contributed by atoms with Gasteiger partial charge in [0.1, 0.15) is 11.5 Å². The fraction of sp³-hybridized carbons (Fsp3) is 0.733. The average molecular weight is 282 g/mol.